The van der Waals surface area contributed by atoms with Crippen molar-refractivity contribution in [2.75, 3.05) is 7.05 Å². The fourth-order valence-corrected chi connectivity index (χ4v) is 3.13. The second-order valence-electron chi connectivity index (χ2n) is 5.87. The van der Waals surface area contributed by atoms with Crippen LogP contribution in [0, 0.1) is 13.8 Å². The first-order valence-corrected chi connectivity index (χ1v) is 7.49. The van der Waals surface area contributed by atoms with Gasteiger partial charge >= 0.3 is 0 Å². The molecule has 1 fully saturated rings. The Balaban J connectivity index is 2.25. The van der Waals surface area contributed by atoms with Gasteiger partial charge in [-0.1, -0.05) is 6.07 Å². The van der Waals surface area contributed by atoms with Crippen molar-refractivity contribution in [1.29, 1.82) is 0 Å². The van der Waals surface area contributed by atoms with E-state index in [2.05, 4.69) is 10.1 Å². The molecule has 1 atom stereocenters. The Morgan fingerprint density at radius 3 is 2.50 bits per heavy atom. The van der Waals surface area contributed by atoms with Crippen molar-refractivity contribution in [2.24, 2.45) is 7.05 Å². The zero-order chi connectivity index (χ0) is 17.6. The molecule has 124 valence electrons. The molecule has 0 saturated carbocycles. The summed E-state index contributed by atoms with van der Waals surface area (Å²) >= 11 is 0. The van der Waals surface area contributed by atoms with Gasteiger partial charge in [0.05, 0.1) is 22.9 Å². The van der Waals surface area contributed by atoms with E-state index >= 15 is 0 Å². The van der Waals surface area contributed by atoms with Crippen LogP contribution in [-0.2, 0) is 16.6 Å². The van der Waals surface area contributed by atoms with Crippen LogP contribution in [0.4, 0.5) is 0 Å². The maximum absolute atomic E-state index is 12.5. The van der Waals surface area contributed by atoms with E-state index in [4.69, 9.17) is 0 Å². The van der Waals surface area contributed by atoms with Gasteiger partial charge in [-0.15, -0.1) is 0 Å². The van der Waals surface area contributed by atoms with E-state index in [0.717, 1.165) is 5.69 Å². The highest BCUT2D eigenvalue weighted by molar-refractivity contribution is 6.46. The molecule has 24 heavy (non-hydrogen) atoms. The molecule has 3 heterocycles. The van der Waals surface area contributed by atoms with Gasteiger partial charge in [-0.25, -0.2) is 0 Å². The fraction of sp³-hybridized carbons (Fsp3) is 0.294. The number of hydrogen-bond acceptors (Lipinski definition) is 5. The van der Waals surface area contributed by atoms with Crippen LogP contribution in [0.2, 0.25) is 0 Å². The van der Waals surface area contributed by atoms with Gasteiger partial charge in [0, 0.05) is 32.2 Å². The molecule has 7 nitrogen and oxygen atoms in total. The number of ketones is 1. The molecule has 7 heteroatoms. The van der Waals surface area contributed by atoms with E-state index in [1.807, 2.05) is 0 Å². The Kier molecular flexibility index (Phi) is 3.71. The maximum atomic E-state index is 12.5. The number of amides is 1. The molecule has 0 radical (unpaired) electrons. The van der Waals surface area contributed by atoms with Crippen molar-refractivity contribution in [3.63, 3.8) is 0 Å². The third kappa shape index (κ3) is 2.20. The molecule has 1 amide bonds. The lowest BCUT2D eigenvalue weighted by Crippen LogP contribution is -2.24. The molecule has 1 unspecified atom stereocenters. The summed E-state index contributed by atoms with van der Waals surface area (Å²) < 4.78 is 1.63. The van der Waals surface area contributed by atoms with Crippen LogP contribution in [0.25, 0.3) is 5.76 Å². The monoisotopic (exact) mass is 326 g/mol. The van der Waals surface area contributed by atoms with Crippen LogP contribution in [0.3, 0.4) is 0 Å². The standard InChI is InChI=1S/C17H18N4O3/c1-9-12(10(2)21(4)19-9)15(22)13-14(11-6-5-7-18-8-11)20(3)17(24)16(13)23/h5-8,14,22H,1-4H3/b15-13+. The SMILES string of the molecule is Cc1nn(C)c(C)c1/C(O)=C1\C(=O)C(=O)N(C)C1c1cccnc1. The lowest BCUT2D eigenvalue weighted by Gasteiger charge is -2.20. The van der Waals surface area contributed by atoms with Gasteiger partial charge in [0.2, 0.25) is 0 Å². The molecule has 0 bridgehead atoms. The summed E-state index contributed by atoms with van der Waals surface area (Å²) in [5.41, 5.74) is 2.53. The van der Waals surface area contributed by atoms with Gasteiger partial charge in [0.25, 0.3) is 11.7 Å². The molecule has 1 saturated heterocycles. The molecule has 0 aromatic carbocycles. The lowest BCUT2D eigenvalue weighted by atomic mass is 9.96. The van der Waals surface area contributed by atoms with Crippen molar-refractivity contribution in [3.05, 3.63) is 52.6 Å². The molecule has 2 aromatic heterocycles. The van der Waals surface area contributed by atoms with Crippen molar-refractivity contribution >= 4 is 17.4 Å². The number of carbonyl (C=O) groups is 2. The number of likely N-dealkylation sites (tertiary alicyclic amines) is 1. The number of nitrogens with zero attached hydrogens (tertiary/aromatic N) is 4. The maximum Gasteiger partial charge on any atom is 0.295 e. The lowest BCUT2D eigenvalue weighted by molar-refractivity contribution is -0.139. The number of aliphatic hydroxyl groups is 1. The summed E-state index contributed by atoms with van der Waals surface area (Å²) in [6.45, 7) is 3.55. The zero-order valence-electron chi connectivity index (χ0n) is 13.9. The summed E-state index contributed by atoms with van der Waals surface area (Å²) in [6, 6.07) is 2.83. The number of rotatable bonds is 2. The van der Waals surface area contributed by atoms with Crippen LogP contribution < -0.4 is 0 Å². The normalized spacial score (nSPS) is 20.0. The smallest absolute Gasteiger partial charge is 0.295 e. The van der Waals surface area contributed by atoms with Crippen molar-refractivity contribution in [2.45, 2.75) is 19.9 Å². The summed E-state index contributed by atoms with van der Waals surface area (Å²) in [5.74, 6) is -1.55. The number of Topliss-reactive ketones (excluding diaryl/α,β-unsaturated/α-hetero) is 1. The summed E-state index contributed by atoms with van der Waals surface area (Å²) in [7, 11) is 3.30. The summed E-state index contributed by atoms with van der Waals surface area (Å²) in [6.07, 6.45) is 3.20. The van der Waals surface area contributed by atoms with E-state index in [9.17, 15) is 14.7 Å². The minimum Gasteiger partial charge on any atom is -0.507 e. The molecule has 0 aliphatic carbocycles. The van der Waals surface area contributed by atoms with E-state index in [1.54, 1.807) is 57.2 Å². The van der Waals surface area contributed by atoms with Crippen LogP contribution >= 0.6 is 0 Å². The van der Waals surface area contributed by atoms with Gasteiger partial charge in [0.15, 0.2) is 0 Å². The Bertz CT molecular complexity index is 867. The molecular weight excluding hydrogens is 308 g/mol. The number of aryl methyl sites for hydroxylation is 2. The first kappa shape index (κ1) is 15.9. The highest BCUT2D eigenvalue weighted by atomic mass is 16.3. The quantitative estimate of drug-likeness (QED) is 0.513. The molecule has 2 aromatic rings. The predicted molar refractivity (Wildman–Crippen MR) is 87.0 cm³/mol. The van der Waals surface area contributed by atoms with Gasteiger partial charge in [-0.2, -0.15) is 5.10 Å². The Morgan fingerprint density at radius 2 is 1.96 bits per heavy atom. The van der Waals surface area contributed by atoms with Gasteiger partial charge in [-0.05, 0) is 25.5 Å². The number of pyridine rings is 1. The molecular formula is C17H18N4O3. The number of hydrogen-bond donors (Lipinski definition) is 1. The Morgan fingerprint density at radius 1 is 1.25 bits per heavy atom. The first-order valence-electron chi connectivity index (χ1n) is 7.49. The number of aromatic nitrogens is 3. The summed E-state index contributed by atoms with van der Waals surface area (Å²) in [4.78, 5) is 30.1. The van der Waals surface area contributed by atoms with Crippen LogP contribution in [0.5, 0.6) is 0 Å². The Labute approximate surface area is 139 Å². The third-order valence-electron chi connectivity index (χ3n) is 4.42. The number of carbonyl (C=O) groups excluding carboxylic acids is 2. The van der Waals surface area contributed by atoms with Crippen LogP contribution in [0.15, 0.2) is 30.1 Å². The van der Waals surface area contributed by atoms with E-state index < -0.39 is 17.7 Å². The minimum absolute atomic E-state index is 0.0645. The Hall–Kier alpha value is -2.96. The molecule has 1 aliphatic rings. The van der Waals surface area contributed by atoms with Gasteiger partial charge in [-0.3, -0.25) is 19.3 Å². The van der Waals surface area contributed by atoms with E-state index in [-0.39, 0.29) is 11.3 Å². The number of aliphatic hydroxyl groups excluding tert-OH is 1. The summed E-state index contributed by atoms with van der Waals surface area (Å²) in [5, 5.41) is 15.1. The largest absolute Gasteiger partial charge is 0.507 e. The molecule has 3 rings (SSSR count). The first-order chi connectivity index (χ1) is 11.3. The number of likely N-dealkylation sites (N-methyl/N-ethyl adjacent to an activating group) is 1. The second-order valence-corrected chi connectivity index (χ2v) is 5.87. The van der Waals surface area contributed by atoms with E-state index in [1.165, 1.54) is 4.90 Å². The molecule has 1 aliphatic heterocycles. The second kappa shape index (κ2) is 5.59. The fourth-order valence-electron chi connectivity index (χ4n) is 3.13. The highest BCUT2D eigenvalue weighted by Crippen LogP contribution is 2.38. The van der Waals surface area contributed by atoms with Crippen molar-refractivity contribution in [1.82, 2.24) is 19.7 Å². The molecule has 0 spiro atoms. The average molecular weight is 326 g/mol. The topological polar surface area (TPSA) is 88.3 Å². The zero-order valence-corrected chi connectivity index (χ0v) is 13.9. The van der Waals surface area contributed by atoms with Crippen LogP contribution in [-0.4, -0.2) is 43.5 Å². The van der Waals surface area contributed by atoms with Crippen LogP contribution in [0.1, 0.15) is 28.6 Å². The highest BCUT2D eigenvalue weighted by Gasteiger charge is 2.44. The van der Waals surface area contributed by atoms with Gasteiger partial charge < -0.3 is 10.0 Å². The third-order valence-corrected chi connectivity index (χ3v) is 4.42. The van der Waals surface area contributed by atoms with Gasteiger partial charge in [0.1, 0.15) is 5.76 Å². The van der Waals surface area contributed by atoms with Crippen molar-refractivity contribution < 1.29 is 14.7 Å². The molecule has 1 N–H and O–H groups in total. The minimum atomic E-state index is -0.702. The van der Waals surface area contributed by atoms with Crippen molar-refractivity contribution in [3.8, 4) is 0 Å². The predicted octanol–water partition coefficient (Wildman–Crippen LogP) is 1.48. The average Bonchev–Trinajstić information content (AvgIpc) is 2.95. The van der Waals surface area contributed by atoms with E-state index in [0.29, 0.717) is 16.8 Å².